The Morgan fingerprint density at radius 1 is 0.800 bits per heavy atom. The van der Waals surface area contributed by atoms with Crippen LogP contribution in [0, 0.1) is 13.8 Å². The summed E-state index contributed by atoms with van der Waals surface area (Å²) in [6, 6.07) is 22.7. The molecule has 0 radical (unpaired) electrons. The predicted octanol–water partition coefficient (Wildman–Crippen LogP) is 5.45. The number of benzene rings is 3. The predicted molar refractivity (Wildman–Crippen MR) is 98.0 cm³/mol. The molecular formula is C22H20O3. The summed E-state index contributed by atoms with van der Waals surface area (Å²) in [7, 11) is 0. The molecule has 3 nitrogen and oxygen atoms in total. The maximum absolute atomic E-state index is 12.2. The fraction of sp³-hybridized carbons (Fsp3) is 0.136. The zero-order valence-corrected chi connectivity index (χ0v) is 14.4. The van der Waals surface area contributed by atoms with Crippen LogP contribution in [0.4, 0.5) is 0 Å². The van der Waals surface area contributed by atoms with Crippen molar-refractivity contribution in [3.63, 3.8) is 0 Å². The highest BCUT2D eigenvalue weighted by molar-refractivity contribution is 5.89. The molecule has 0 saturated carbocycles. The van der Waals surface area contributed by atoms with Crippen molar-refractivity contribution in [2.75, 3.05) is 0 Å². The number of ether oxygens (including phenoxy) is 2. The van der Waals surface area contributed by atoms with Gasteiger partial charge in [-0.05, 0) is 66.9 Å². The number of hydrogen-bond donors (Lipinski definition) is 0. The SMILES string of the molecule is Cc1ccc(C(=O)OCc2cccc(Oc3ccccc3)c2)cc1C. The van der Waals surface area contributed by atoms with Crippen LogP contribution in [0.15, 0.2) is 72.8 Å². The van der Waals surface area contributed by atoms with Gasteiger partial charge in [0.15, 0.2) is 0 Å². The number of para-hydroxylation sites is 1. The third kappa shape index (κ3) is 4.48. The molecule has 3 aromatic carbocycles. The summed E-state index contributed by atoms with van der Waals surface area (Å²) in [4.78, 5) is 12.2. The van der Waals surface area contributed by atoms with Crippen molar-refractivity contribution in [2.24, 2.45) is 0 Å². The van der Waals surface area contributed by atoms with E-state index in [1.54, 1.807) is 6.07 Å². The van der Waals surface area contributed by atoms with E-state index in [0.29, 0.717) is 11.3 Å². The van der Waals surface area contributed by atoms with Crippen molar-refractivity contribution in [3.05, 3.63) is 95.1 Å². The second-order valence-electron chi connectivity index (χ2n) is 5.94. The normalized spacial score (nSPS) is 10.3. The minimum absolute atomic E-state index is 0.206. The lowest BCUT2D eigenvalue weighted by atomic mass is 10.1. The fourth-order valence-corrected chi connectivity index (χ4v) is 2.42. The van der Waals surface area contributed by atoms with Gasteiger partial charge in [-0.2, -0.15) is 0 Å². The van der Waals surface area contributed by atoms with E-state index in [-0.39, 0.29) is 12.6 Å². The zero-order chi connectivity index (χ0) is 17.6. The van der Waals surface area contributed by atoms with Gasteiger partial charge in [0.1, 0.15) is 18.1 Å². The second kappa shape index (κ2) is 7.67. The van der Waals surface area contributed by atoms with E-state index in [1.165, 1.54) is 0 Å². The maximum atomic E-state index is 12.2. The Labute approximate surface area is 147 Å². The first-order valence-electron chi connectivity index (χ1n) is 8.18. The Balaban J connectivity index is 1.64. The van der Waals surface area contributed by atoms with Crippen molar-refractivity contribution in [3.8, 4) is 11.5 Å². The van der Waals surface area contributed by atoms with Gasteiger partial charge in [-0.3, -0.25) is 0 Å². The van der Waals surface area contributed by atoms with E-state index in [0.717, 1.165) is 22.4 Å². The Morgan fingerprint density at radius 2 is 1.56 bits per heavy atom. The van der Waals surface area contributed by atoms with Gasteiger partial charge >= 0.3 is 5.97 Å². The Bertz CT molecular complexity index is 869. The van der Waals surface area contributed by atoms with Crippen molar-refractivity contribution in [1.29, 1.82) is 0 Å². The minimum atomic E-state index is -0.322. The van der Waals surface area contributed by atoms with Crippen LogP contribution in [0.3, 0.4) is 0 Å². The molecule has 0 aliphatic carbocycles. The molecule has 0 amide bonds. The molecule has 0 aliphatic rings. The Kier molecular flexibility index (Phi) is 5.14. The number of aryl methyl sites for hydroxylation is 2. The van der Waals surface area contributed by atoms with Gasteiger partial charge in [0, 0.05) is 0 Å². The van der Waals surface area contributed by atoms with E-state index >= 15 is 0 Å². The fourth-order valence-electron chi connectivity index (χ4n) is 2.42. The second-order valence-corrected chi connectivity index (χ2v) is 5.94. The smallest absolute Gasteiger partial charge is 0.338 e. The lowest BCUT2D eigenvalue weighted by Gasteiger charge is -2.09. The van der Waals surface area contributed by atoms with Gasteiger partial charge in [-0.25, -0.2) is 4.79 Å². The Morgan fingerprint density at radius 3 is 2.32 bits per heavy atom. The molecule has 0 N–H and O–H groups in total. The number of rotatable bonds is 5. The van der Waals surface area contributed by atoms with Crippen LogP contribution in [0.2, 0.25) is 0 Å². The standard InChI is InChI=1S/C22H20O3/c1-16-11-12-19(13-17(16)2)22(23)24-15-18-7-6-10-21(14-18)25-20-8-4-3-5-9-20/h3-14H,15H2,1-2H3. The zero-order valence-electron chi connectivity index (χ0n) is 14.4. The number of esters is 1. The van der Waals surface area contributed by atoms with Crippen LogP contribution in [-0.4, -0.2) is 5.97 Å². The molecule has 0 aromatic heterocycles. The minimum Gasteiger partial charge on any atom is -0.457 e. The molecule has 3 heteroatoms. The molecule has 0 aliphatic heterocycles. The van der Waals surface area contributed by atoms with Gasteiger partial charge in [-0.15, -0.1) is 0 Å². The first-order valence-corrected chi connectivity index (χ1v) is 8.18. The van der Waals surface area contributed by atoms with Crippen LogP contribution >= 0.6 is 0 Å². The summed E-state index contributed by atoms with van der Waals surface area (Å²) >= 11 is 0. The van der Waals surface area contributed by atoms with E-state index < -0.39 is 0 Å². The van der Waals surface area contributed by atoms with Crippen molar-refractivity contribution < 1.29 is 14.3 Å². The summed E-state index contributed by atoms with van der Waals surface area (Å²) in [5, 5.41) is 0. The van der Waals surface area contributed by atoms with Crippen LogP contribution in [0.1, 0.15) is 27.0 Å². The van der Waals surface area contributed by atoms with E-state index in [4.69, 9.17) is 9.47 Å². The number of carbonyl (C=O) groups is 1. The van der Waals surface area contributed by atoms with Gasteiger partial charge in [-0.1, -0.05) is 36.4 Å². The molecule has 3 aromatic rings. The third-order valence-corrected chi connectivity index (χ3v) is 3.99. The molecule has 0 atom stereocenters. The van der Waals surface area contributed by atoms with Crippen molar-refractivity contribution >= 4 is 5.97 Å². The molecule has 0 spiro atoms. The average Bonchev–Trinajstić information content (AvgIpc) is 2.63. The first-order chi connectivity index (χ1) is 12.1. The van der Waals surface area contributed by atoms with Crippen LogP contribution < -0.4 is 4.74 Å². The molecular weight excluding hydrogens is 312 g/mol. The highest BCUT2D eigenvalue weighted by Gasteiger charge is 2.09. The van der Waals surface area contributed by atoms with Crippen LogP contribution in [0.25, 0.3) is 0 Å². The largest absolute Gasteiger partial charge is 0.457 e. The number of hydrogen-bond acceptors (Lipinski definition) is 3. The summed E-state index contributed by atoms with van der Waals surface area (Å²) in [5.74, 6) is 1.16. The summed E-state index contributed by atoms with van der Waals surface area (Å²) in [6.07, 6.45) is 0. The van der Waals surface area contributed by atoms with E-state index in [2.05, 4.69) is 0 Å². The van der Waals surface area contributed by atoms with E-state index in [9.17, 15) is 4.79 Å². The highest BCUT2D eigenvalue weighted by Crippen LogP contribution is 2.22. The quantitative estimate of drug-likeness (QED) is 0.583. The molecule has 3 rings (SSSR count). The molecule has 0 fully saturated rings. The van der Waals surface area contributed by atoms with Crippen LogP contribution in [-0.2, 0) is 11.3 Å². The van der Waals surface area contributed by atoms with Crippen LogP contribution in [0.5, 0.6) is 11.5 Å². The highest BCUT2D eigenvalue weighted by atomic mass is 16.5. The lowest BCUT2D eigenvalue weighted by molar-refractivity contribution is 0.0472. The summed E-state index contributed by atoms with van der Waals surface area (Å²) < 4.78 is 11.2. The van der Waals surface area contributed by atoms with E-state index in [1.807, 2.05) is 80.6 Å². The van der Waals surface area contributed by atoms with Gasteiger partial charge in [0.25, 0.3) is 0 Å². The average molecular weight is 332 g/mol. The molecule has 0 unspecified atom stereocenters. The molecule has 25 heavy (non-hydrogen) atoms. The monoisotopic (exact) mass is 332 g/mol. The Hall–Kier alpha value is -3.07. The molecule has 0 heterocycles. The number of carbonyl (C=O) groups excluding carboxylic acids is 1. The molecule has 0 bridgehead atoms. The summed E-state index contributed by atoms with van der Waals surface area (Å²) in [6.45, 7) is 4.21. The summed E-state index contributed by atoms with van der Waals surface area (Å²) in [5.41, 5.74) is 3.68. The van der Waals surface area contributed by atoms with Crippen molar-refractivity contribution in [1.82, 2.24) is 0 Å². The first kappa shape index (κ1) is 16.8. The third-order valence-electron chi connectivity index (χ3n) is 3.99. The van der Waals surface area contributed by atoms with Crippen molar-refractivity contribution in [2.45, 2.75) is 20.5 Å². The topological polar surface area (TPSA) is 35.5 Å². The maximum Gasteiger partial charge on any atom is 0.338 e. The molecule has 126 valence electrons. The van der Waals surface area contributed by atoms with Gasteiger partial charge < -0.3 is 9.47 Å². The lowest BCUT2D eigenvalue weighted by Crippen LogP contribution is -2.06. The van der Waals surface area contributed by atoms with Gasteiger partial charge in [0.2, 0.25) is 0 Å². The molecule has 0 saturated heterocycles. The van der Waals surface area contributed by atoms with Gasteiger partial charge in [0.05, 0.1) is 5.56 Å².